The zero-order valence-corrected chi connectivity index (χ0v) is 16.8. The Morgan fingerprint density at radius 2 is 1.56 bits per heavy atom. The van der Waals surface area contributed by atoms with Crippen LogP contribution in [0.3, 0.4) is 0 Å². The fourth-order valence-electron chi connectivity index (χ4n) is 3.05. The topological polar surface area (TPSA) is 91.4 Å². The van der Waals surface area contributed by atoms with Gasteiger partial charge >= 0.3 is 6.09 Å². The van der Waals surface area contributed by atoms with E-state index in [0.717, 1.165) is 13.1 Å². The van der Waals surface area contributed by atoms with E-state index in [1.54, 1.807) is 37.5 Å². The van der Waals surface area contributed by atoms with Gasteiger partial charge in [0.1, 0.15) is 11.6 Å². The Morgan fingerprint density at radius 3 is 2.11 bits per heavy atom. The van der Waals surface area contributed by atoms with E-state index in [1.165, 1.54) is 0 Å². The van der Waals surface area contributed by atoms with E-state index in [9.17, 15) is 14.4 Å². The maximum Gasteiger partial charge on any atom is 0.408 e. The quantitative estimate of drug-likeness (QED) is 0.728. The summed E-state index contributed by atoms with van der Waals surface area (Å²) in [6, 6.07) is -0.671. The van der Waals surface area contributed by atoms with Crippen LogP contribution in [-0.4, -0.2) is 103 Å². The molecule has 1 atom stereocenters. The number of amides is 3. The number of nitrogens with one attached hydrogen (secondary N) is 1. The fraction of sp³-hybridized carbons (Fsp3) is 0.833. The third-order valence-electron chi connectivity index (χ3n) is 4.51. The molecule has 9 heteroatoms. The first-order valence-corrected chi connectivity index (χ1v) is 9.52. The summed E-state index contributed by atoms with van der Waals surface area (Å²) in [7, 11) is 0. The van der Waals surface area contributed by atoms with E-state index in [-0.39, 0.29) is 11.8 Å². The van der Waals surface area contributed by atoms with E-state index >= 15 is 0 Å². The number of piperazine rings is 1. The van der Waals surface area contributed by atoms with Crippen molar-refractivity contribution in [1.29, 1.82) is 0 Å². The van der Waals surface area contributed by atoms with Crippen molar-refractivity contribution in [2.24, 2.45) is 0 Å². The van der Waals surface area contributed by atoms with Crippen molar-refractivity contribution in [2.45, 2.75) is 39.3 Å². The van der Waals surface area contributed by atoms with Gasteiger partial charge in [0.05, 0.1) is 19.8 Å². The summed E-state index contributed by atoms with van der Waals surface area (Å²) in [6.45, 7) is 12.2. The lowest BCUT2D eigenvalue weighted by Crippen LogP contribution is -2.56. The predicted molar refractivity (Wildman–Crippen MR) is 99.3 cm³/mol. The molecule has 2 rings (SSSR count). The number of hydrogen-bond donors (Lipinski definition) is 1. The van der Waals surface area contributed by atoms with Gasteiger partial charge in [-0.05, 0) is 27.7 Å². The molecule has 0 radical (unpaired) electrons. The Bertz CT molecular complexity index is 534. The van der Waals surface area contributed by atoms with E-state index in [4.69, 9.17) is 9.47 Å². The van der Waals surface area contributed by atoms with Gasteiger partial charge in [0.2, 0.25) is 11.8 Å². The maximum absolute atomic E-state index is 12.5. The second-order valence-electron chi connectivity index (χ2n) is 7.96. The molecule has 0 aromatic carbocycles. The zero-order chi connectivity index (χ0) is 20.0. The van der Waals surface area contributed by atoms with Crippen LogP contribution in [0.2, 0.25) is 0 Å². The average molecular weight is 384 g/mol. The zero-order valence-electron chi connectivity index (χ0n) is 16.8. The largest absolute Gasteiger partial charge is 0.444 e. The Hall–Kier alpha value is -1.87. The molecule has 0 aromatic rings. The molecule has 2 heterocycles. The van der Waals surface area contributed by atoms with Gasteiger partial charge in [-0.2, -0.15) is 0 Å². The molecule has 0 saturated carbocycles. The van der Waals surface area contributed by atoms with E-state index in [1.807, 2.05) is 0 Å². The van der Waals surface area contributed by atoms with Gasteiger partial charge in [-0.25, -0.2) is 4.79 Å². The highest BCUT2D eigenvalue weighted by atomic mass is 16.6. The van der Waals surface area contributed by atoms with Crippen LogP contribution >= 0.6 is 0 Å². The first-order chi connectivity index (χ1) is 12.7. The molecule has 2 aliphatic heterocycles. The number of carbonyl (C=O) groups excluding carboxylic acids is 3. The molecule has 1 unspecified atom stereocenters. The molecule has 1 N–H and O–H groups in total. The van der Waals surface area contributed by atoms with E-state index in [0.29, 0.717) is 45.9 Å². The van der Waals surface area contributed by atoms with Gasteiger partial charge < -0.3 is 24.6 Å². The van der Waals surface area contributed by atoms with Crippen LogP contribution in [0.25, 0.3) is 0 Å². The molecule has 0 spiro atoms. The monoisotopic (exact) mass is 384 g/mol. The molecular weight excluding hydrogens is 352 g/mol. The highest BCUT2D eigenvalue weighted by Gasteiger charge is 2.29. The van der Waals surface area contributed by atoms with Crippen molar-refractivity contribution in [1.82, 2.24) is 20.0 Å². The van der Waals surface area contributed by atoms with Gasteiger partial charge in [-0.15, -0.1) is 0 Å². The van der Waals surface area contributed by atoms with Crippen LogP contribution in [0.15, 0.2) is 0 Å². The summed E-state index contributed by atoms with van der Waals surface area (Å²) in [4.78, 5) is 42.3. The molecule has 3 amide bonds. The third kappa shape index (κ3) is 6.99. The van der Waals surface area contributed by atoms with Gasteiger partial charge in [0, 0.05) is 39.3 Å². The van der Waals surface area contributed by atoms with Crippen LogP contribution in [-0.2, 0) is 19.1 Å². The van der Waals surface area contributed by atoms with Crippen LogP contribution in [0.4, 0.5) is 4.79 Å². The van der Waals surface area contributed by atoms with Gasteiger partial charge in [-0.1, -0.05) is 0 Å². The number of alkyl carbamates (subject to hydrolysis) is 1. The molecule has 2 fully saturated rings. The minimum absolute atomic E-state index is 0.0870. The Labute approximate surface area is 160 Å². The molecule has 0 bridgehead atoms. The average Bonchev–Trinajstić information content (AvgIpc) is 2.60. The van der Waals surface area contributed by atoms with Crippen molar-refractivity contribution < 1.29 is 23.9 Å². The predicted octanol–water partition coefficient (Wildman–Crippen LogP) is -0.0974. The highest BCUT2D eigenvalue weighted by molar-refractivity contribution is 5.85. The Morgan fingerprint density at radius 1 is 1.00 bits per heavy atom. The lowest BCUT2D eigenvalue weighted by Gasteiger charge is -2.37. The van der Waals surface area contributed by atoms with E-state index < -0.39 is 17.7 Å². The number of morpholine rings is 1. The van der Waals surface area contributed by atoms with Crippen molar-refractivity contribution >= 4 is 17.9 Å². The Balaban J connectivity index is 1.74. The van der Waals surface area contributed by atoms with Crippen LogP contribution < -0.4 is 5.32 Å². The normalized spacial score (nSPS) is 20.1. The maximum atomic E-state index is 12.5. The summed E-state index contributed by atoms with van der Waals surface area (Å²) < 4.78 is 10.5. The summed E-state index contributed by atoms with van der Waals surface area (Å²) >= 11 is 0. The summed E-state index contributed by atoms with van der Waals surface area (Å²) in [5.41, 5.74) is -0.612. The van der Waals surface area contributed by atoms with Gasteiger partial charge in [0.25, 0.3) is 0 Å². The summed E-state index contributed by atoms with van der Waals surface area (Å²) in [5.74, 6) is -0.0786. The minimum Gasteiger partial charge on any atom is -0.444 e. The molecule has 0 aromatic heterocycles. The van der Waals surface area contributed by atoms with Crippen molar-refractivity contribution in [3.05, 3.63) is 0 Å². The number of nitrogens with zero attached hydrogens (tertiary/aromatic N) is 3. The molecule has 9 nitrogen and oxygen atoms in total. The molecule has 0 aliphatic carbocycles. The second-order valence-corrected chi connectivity index (χ2v) is 7.96. The standard InChI is InChI=1S/C18H32N4O5/c1-14(19-17(25)27-18(2,3)4)16(24)22-7-5-21(6-8-22)15(23)13-20-9-11-26-12-10-20/h14H,5-13H2,1-4H3,(H,19,25). The molecular formula is C18H32N4O5. The first-order valence-electron chi connectivity index (χ1n) is 9.52. The number of ether oxygens (including phenoxy) is 2. The third-order valence-corrected chi connectivity index (χ3v) is 4.51. The SMILES string of the molecule is CC(NC(=O)OC(C)(C)C)C(=O)N1CCN(C(=O)CN2CCOCC2)CC1. The van der Waals surface area contributed by atoms with Gasteiger partial charge in [0.15, 0.2) is 0 Å². The van der Waals surface area contributed by atoms with Crippen molar-refractivity contribution in [2.75, 3.05) is 59.0 Å². The van der Waals surface area contributed by atoms with Crippen LogP contribution in [0.5, 0.6) is 0 Å². The lowest BCUT2D eigenvalue weighted by atomic mass is 10.2. The smallest absolute Gasteiger partial charge is 0.408 e. The molecule has 2 saturated heterocycles. The first kappa shape index (κ1) is 21.4. The second kappa shape index (κ2) is 9.36. The summed E-state index contributed by atoms with van der Waals surface area (Å²) in [6.07, 6.45) is -0.609. The van der Waals surface area contributed by atoms with Crippen LogP contribution in [0.1, 0.15) is 27.7 Å². The molecule has 2 aliphatic rings. The number of hydrogen-bond acceptors (Lipinski definition) is 6. The highest BCUT2D eigenvalue weighted by Crippen LogP contribution is 2.09. The lowest BCUT2D eigenvalue weighted by molar-refractivity contribution is -0.141. The van der Waals surface area contributed by atoms with Gasteiger partial charge in [-0.3, -0.25) is 14.5 Å². The van der Waals surface area contributed by atoms with Crippen LogP contribution in [0, 0.1) is 0 Å². The number of rotatable bonds is 4. The molecule has 27 heavy (non-hydrogen) atoms. The Kier molecular flexibility index (Phi) is 7.43. The number of carbonyl (C=O) groups is 3. The van der Waals surface area contributed by atoms with Crippen molar-refractivity contribution in [3.8, 4) is 0 Å². The van der Waals surface area contributed by atoms with E-state index in [2.05, 4.69) is 10.2 Å². The summed E-state index contributed by atoms with van der Waals surface area (Å²) in [5, 5.41) is 2.57. The fourth-order valence-corrected chi connectivity index (χ4v) is 3.05. The molecule has 154 valence electrons. The minimum atomic E-state index is -0.671. The van der Waals surface area contributed by atoms with Crippen molar-refractivity contribution in [3.63, 3.8) is 0 Å².